The molecule has 4 heteroatoms. The minimum absolute atomic E-state index is 0.128. The third-order valence-corrected chi connectivity index (χ3v) is 3.23. The SMILES string of the molecule is Cc1ccc(C(=O)Nc2ccncc2)cc1Br. The summed E-state index contributed by atoms with van der Waals surface area (Å²) < 4.78 is 0.930. The highest BCUT2D eigenvalue weighted by molar-refractivity contribution is 9.10. The number of carbonyl (C=O) groups is 1. The number of aryl methyl sites for hydroxylation is 1. The maximum atomic E-state index is 11.9. The first-order valence-electron chi connectivity index (χ1n) is 5.14. The summed E-state index contributed by atoms with van der Waals surface area (Å²) >= 11 is 3.41. The van der Waals surface area contributed by atoms with Crippen molar-refractivity contribution in [2.75, 3.05) is 5.32 Å². The molecule has 3 nitrogen and oxygen atoms in total. The van der Waals surface area contributed by atoms with Crippen molar-refractivity contribution in [2.45, 2.75) is 6.92 Å². The fourth-order valence-corrected chi connectivity index (χ4v) is 1.75. The first-order chi connectivity index (χ1) is 8.16. The lowest BCUT2D eigenvalue weighted by atomic mass is 10.1. The van der Waals surface area contributed by atoms with Gasteiger partial charge in [-0.1, -0.05) is 22.0 Å². The van der Waals surface area contributed by atoms with Gasteiger partial charge in [-0.15, -0.1) is 0 Å². The molecule has 0 fully saturated rings. The van der Waals surface area contributed by atoms with Crippen LogP contribution in [-0.2, 0) is 0 Å². The smallest absolute Gasteiger partial charge is 0.255 e. The monoisotopic (exact) mass is 290 g/mol. The van der Waals surface area contributed by atoms with Gasteiger partial charge in [0.15, 0.2) is 0 Å². The van der Waals surface area contributed by atoms with Crippen molar-refractivity contribution in [1.29, 1.82) is 0 Å². The second-order valence-electron chi connectivity index (χ2n) is 3.65. The van der Waals surface area contributed by atoms with E-state index in [0.717, 1.165) is 15.7 Å². The molecule has 0 atom stereocenters. The van der Waals surface area contributed by atoms with E-state index < -0.39 is 0 Å². The highest BCUT2D eigenvalue weighted by Gasteiger charge is 2.07. The predicted molar refractivity (Wildman–Crippen MR) is 71.1 cm³/mol. The number of amides is 1. The molecule has 0 radical (unpaired) electrons. The molecule has 1 aromatic heterocycles. The Morgan fingerprint density at radius 2 is 1.94 bits per heavy atom. The second kappa shape index (κ2) is 5.10. The molecule has 0 unspecified atom stereocenters. The van der Waals surface area contributed by atoms with Gasteiger partial charge in [-0.05, 0) is 36.8 Å². The molecule has 2 rings (SSSR count). The average Bonchev–Trinajstić information content (AvgIpc) is 2.34. The van der Waals surface area contributed by atoms with Crippen LogP contribution in [0.1, 0.15) is 15.9 Å². The van der Waals surface area contributed by atoms with Crippen LogP contribution < -0.4 is 5.32 Å². The van der Waals surface area contributed by atoms with Crippen molar-refractivity contribution in [3.8, 4) is 0 Å². The molecule has 1 N–H and O–H groups in total. The minimum atomic E-state index is -0.128. The summed E-state index contributed by atoms with van der Waals surface area (Å²) in [4.78, 5) is 15.8. The van der Waals surface area contributed by atoms with E-state index >= 15 is 0 Å². The third-order valence-electron chi connectivity index (χ3n) is 2.37. The van der Waals surface area contributed by atoms with Gasteiger partial charge in [0.2, 0.25) is 0 Å². The quantitative estimate of drug-likeness (QED) is 0.921. The van der Waals surface area contributed by atoms with Crippen molar-refractivity contribution in [3.63, 3.8) is 0 Å². The lowest BCUT2D eigenvalue weighted by molar-refractivity contribution is 0.102. The standard InChI is InChI=1S/C13H11BrN2O/c1-9-2-3-10(8-12(9)14)13(17)16-11-4-6-15-7-5-11/h2-8H,1H3,(H,15,16,17). The van der Waals surface area contributed by atoms with Crippen LogP contribution in [0.25, 0.3) is 0 Å². The number of nitrogens with one attached hydrogen (secondary N) is 1. The molecular formula is C13H11BrN2O. The Morgan fingerprint density at radius 3 is 2.59 bits per heavy atom. The first-order valence-corrected chi connectivity index (χ1v) is 5.93. The van der Waals surface area contributed by atoms with Gasteiger partial charge in [-0.3, -0.25) is 9.78 Å². The summed E-state index contributed by atoms with van der Waals surface area (Å²) in [7, 11) is 0. The van der Waals surface area contributed by atoms with Gasteiger partial charge in [-0.2, -0.15) is 0 Å². The predicted octanol–water partition coefficient (Wildman–Crippen LogP) is 3.40. The zero-order valence-electron chi connectivity index (χ0n) is 9.27. The van der Waals surface area contributed by atoms with E-state index in [2.05, 4.69) is 26.2 Å². The second-order valence-corrected chi connectivity index (χ2v) is 4.51. The molecule has 0 saturated heterocycles. The van der Waals surface area contributed by atoms with Crippen molar-refractivity contribution >= 4 is 27.5 Å². The number of hydrogen-bond donors (Lipinski definition) is 1. The summed E-state index contributed by atoms with van der Waals surface area (Å²) in [6.07, 6.45) is 3.28. The molecule has 1 amide bonds. The number of pyridine rings is 1. The van der Waals surface area contributed by atoms with Crippen LogP contribution in [0.15, 0.2) is 47.2 Å². The Balaban J connectivity index is 2.18. The van der Waals surface area contributed by atoms with Gasteiger partial charge in [0, 0.05) is 28.1 Å². The van der Waals surface area contributed by atoms with Crippen molar-refractivity contribution < 1.29 is 4.79 Å². The van der Waals surface area contributed by atoms with E-state index in [1.165, 1.54) is 0 Å². The molecule has 0 saturated carbocycles. The third kappa shape index (κ3) is 2.91. The molecule has 0 spiro atoms. The zero-order valence-corrected chi connectivity index (χ0v) is 10.9. The maximum Gasteiger partial charge on any atom is 0.255 e. The number of carbonyl (C=O) groups excluding carboxylic acids is 1. The van der Waals surface area contributed by atoms with E-state index in [0.29, 0.717) is 5.56 Å². The van der Waals surface area contributed by atoms with E-state index in [4.69, 9.17) is 0 Å². The summed E-state index contributed by atoms with van der Waals surface area (Å²) in [5, 5.41) is 2.81. The molecule has 0 aliphatic rings. The van der Waals surface area contributed by atoms with E-state index in [1.54, 1.807) is 30.6 Å². The number of nitrogens with zero attached hydrogens (tertiary/aromatic N) is 1. The molecule has 2 aromatic rings. The Labute approximate surface area is 108 Å². The molecular weight excluding hydrogens is 280 g/mol. The maximum absolute atomic E-state index is 11.9. The van der Waals surface area contributed by atoms with Crippen LogP contribution in [-0.4, -0.2) is 10.9 Å². The van der Waals surface area contributed by atoms with Gasteiger partial charge < -0.3 is 5.32 Å². The van der Waals surface area contributed by atoms with Gasteiger partial charge in [0.25, 0.3) is 5.91 Å². The Kier molecular flexibility index (Phi) is 3.54. The lowest BCUT2D eigenvalue weighted by Gasteiger charge is -2.06. The van der Waals surface area contributed by atoms with Crippen LogP contribution in [0.2, 0.25) is 0 Å². The zero-order chi connectivity index (χ0) is 12.3. The highest BCUT2D eigenvalue weighted by Crippen LogP contribution is 2.18. The first kappa shape index (κ1) is 11.8. The van der Waals surface area contributed by atoms with Crippen LogP contribution >= 0.6 is 15.9 Å². The Bertz CT molecular complexity index is 540. The summed E-state index contributed by atoms with van der Waals surface area (Å²) in [5.74, 6) is -0.128. The molecule has 17 heavy (non-hydrogen) atoms. The number of rotatable bonds is 2. The van der Waals surface area contributed by atoms with Crippen LogP contribution in [0.5, 0.6) is 0 Å². The van der Waals surface area contributed by atoms with Crippen LogP contribution in [0.3, 0.4) is 0 Å². The highest BCUT2D eigenvalue weighted by atomic mass is 79.9. The number of benzene rings is 1. The average molecular weight is 291 g/mol. The van der Waals surface area contributed by atoms with Crippen molar-refractivity contribution in [1.82, 2.24) is 4.98 Å². The number of halogens is 1. The number of anilines is 1. The Hall–Kier alpha value is -1.68. The van der Waals surface area contributed by atoms with Gasteiger partial charge >= 0.3 is 0 Å². The van der Waals surface area contributed by atoms with E-state index in [-0.39, 0.29) is 5.91 Å². The van der Waals surface area contributed by atoms with Gasteiger partial charge in [0.05, 0.1) is 0 Å². The van der Waals surface area contributed by atoms with Crippen molar-refractivity contribution in [2.24, 2.45) is 0 Å². The van der Waals surface area contributed by atoms with Gasteiger partial charge in [-0.25, -0.2) is 0 Å². The van der Waals surface area contributed by atoms with E-state index in [1.807, 2.05) is 19.1 Å². The molecule has 0 aliphatic heterocycles. The Morgan fingerprint density at radius 1 is 1.24 bits per heavy atom. The van der Waals surface area contributed by atoms with Gasteiger partial charge in [0.1, 0.15) is 0 Å². The normalized spacial score (nSPS) is 10.0. The molecule has 0 aliphatic carbocycles. The molecule has 1 heterocycles. The summed E-state index contributed by atoms with van der Waals surface area (Å²) in [6.45, 7) is 1.98. The number of hydrogen-bond acceptors (Lipinski definition) is 2. The fourth-order valence-electron chi connectivity index (χ4n) is 1.37. The van der Waals surface area contributed by atoms with Crippen LogP contribution in [0.4, 0.5) is 5.69 Å². The lowest BCUT2D eigenvalue weighted by Crippen LogP contribution is -2.11. The number of aromatic nitrogens is 1. The summed E-state index contributed by atoms with van der Waals surface area (Å²) in [6, 6.07) is 9.02. The topological polar surface area (TPSA) is 42.0 Å². The minimum Gasteiger partial charge on any atom is -0.322 e. The summed E-state index contributed by atoms with van der Waals surface area (Å²) in [5.41, 5.74) is 2.46. The van der Waals surface area contributed by atoms with E-state index in [9.17, 15) is 4.79 Å². The van der Waals surface area contributed by atoms with Crippen molar-refractivity contribution in [3.05, 3.63) is 58.3 Å². The molecule has 0 bridgehead atoms. The molecule has 86 valence electrons. The fraction of sp³-hybridized carbons (Fsp3) is 0.0769. The van der Waals surface area contributed by atoms with Crippen LogP contribution in [0, 0.1) is 6.92 Å². The largest absolute Gasteiger partial charge is 0.322 e. The molecule has 1 aromatic carbocycles.